The van der Waals surface area contributed by atoms with Gasteiger partial charge in [-0.15, -0.1) is 0 Å². The first-order valence-electron chi connectivity index (χ1n) is 16.0. The molecule has 0 unspecified atom stereocenters. The molecule has 0 aromatic heterocycles. The van der Waals surface area contributed by atoms with Crippen LogP contribution in [0.1, 0.15) is 44.5 Å². The number of rotatable bonds is 2. The average molecular weight is 565 g/mol. The number of hydrogen-bond donors (Lipinski definition) is 0. The van der Waals surface area contributed by atoms with Gasteiger partial charge in [0.1, 0.15) is 0 Å². The van der Waals surface area contributed by atoms with Crippen LogP contribution >= 0.6 is 0 Å². The van der Waals surface area contributed by atoms with E-state index in [-0.39, 0.29) is 0 Å². The smallest absolute Gasteiger partial charge is 0.000136 e. The predicted molar refractivity (Wildman–Crippen MR) is 194 cm³/mol. The molecular weight excluding hydrogens is 528 g/mol. The largest absolute Gasteiger partial charge is 0.0617 e. The van der Waals surface area contributed by atoms with E-state index >= 15 is 0 Å². The van der Waals surface area contributed by atoms with Crippen molar-refractivity contribution in [3.8, 4) is 22.3 Å². The van der Waals surface area contributed by atoms with Crippen molar-refractivity contribution in [1.82, 2.24) is 0 Å². The molecule has 0 N–H and O–H groups in total. The third-order valence-corrected chi connectivity index (χ3v) is 10.8. The molecular formula is C44H36. The molecule has 0 atom stereocenters. The molecule has 0 nitrogen and oxygen atoms in total. The van der Waals surface area contributed by atoms with Gasteiger partial charge in [0.2, 0.25) is 0 Å². The van der Waals surface area contributed by atoms with Gasteiger partial charge >= 0.3 is 0 Å². The summed E-state index contributed by atoms with van der Waals surface area (Å²) in [5.74, 6) is 0. The molecule has 0 heterocycles. The normalized spacial score (nSPS) is 12.5. The molecule has 0 radical (unpaired) electrons. The summed E-state index contributed by atoms with van der Waals surface area (Å²) in [5, 5.41) is 17.0. The molecule has 9 aromatic carbocycles. The maximum absolute atomic E-state index is 2.53. The van der Waals surface area contributed by atoms with Crippen LogP contribution in [-0.4, -0.2) is 0 Å². The molecule has 0 aliphatic carbocycles. The minimum atomic E-state index is 1.33. The molecule has 0 saturated carbocycles. The van der Waals surface area contributed by atoms with E-state index in [4.69, 9.17) is 0 Å². The van der Waals surface area contributed by atoms with E-state index in [0.717, 1.165) is 0 Å². The second kappa shape index (κ2) is 8.48. The summed E-state index contributed by atoms with van der Waals surface area (Å²) in [7, 11) is 0. The summed E-state index contributed by atoms with van der Waals surface area (Å²) in [6.07, 6.45) is 0. The Morgan fingerprint density at radius 1 is 0.273 bits per heavy atom. The number of benzene rings is 9. The summed E-state index contributed by atoms with van der Waals surface area (Å²) in [4.78, 5) is 0. The summed E-state index contributed by atoms with van der Waals surface area (Å²) in [6, 6.07) is 28.4. The molecule has 0 amide bonds. The summed E-state index contributed by atoms with van der Waals surface area (Å²) in [5.41, 5.74) is 16.2. The summed E-state index contributed by atoms with van der Waals surface area (Å²) < 4.78 is 0. The maximum Gasteiger partial charge on any atom is -0.000136 e. The Labute approximate surface area is 258 Å². The van der Waals surface area contributed by atoms with Crippen molar-refractivity contribution in [3.63, 3.8) is 0 Å². The first-order valence-corrected chi connectivity index (χ1v) is 16.0. The molecule has 0 heteroatoms. The van der Waals surface area contributed by atoms with E-state index in [1.165, 1.54) is 131 Å². The first-order chi connectivity index (χ1) is 21.2. The lowest BCUT2D eigenvalue weighted by Crippen LogP contribution is -2.01. The third-order valence-electron chi connectivity index (χ3n) is 10.8. The number of hydrogen-bond acceptors (Lipinski definition) is 0. The molecule has 44 heavy (non-hydrogen) atoms. The highest BCUT2D eigenvalue weighted by atomic mass is 14.3. The Kier molecular flexibility index (Phi) is 4.97. The Hall–Kier alpha value is -4.68. The van der Waals surface area contributed by atoms with Gasteiger partial charge in [-0.05, 0) is 199 Å². The van der Waals surface area contributed by atoms with Crippen molar-refractivity contribution in [3.05, 3.63) is 117 Å². The topological polar surface area (TPSA) is 0 Å². The van der Waals surface area contributed by atoms with Crippen LogP contribution in [0.25, 0.3) is 86.9 Å². The van der Waals surface area contributed by atoms with Crippen LogP contribution in [0.5, 0.6) is 0 Å². The Bertz CT molecular complexity index is 2440. The van der Waals surface area contributed by atoms with Gasteiger partial charge in [0.15, 0.2) is 0 Å². The molecule has 0 aliphatic heterocycles. The molecule has 0 aliphatic rings. The second-order valence-corrected chi connectivity index (χ2v) is 13.7. The van der Waals surface area contributed by atoms with E-state index < -0.39 is 0 Å². The highest BCUT2D eigenvalue weighted by molar-refractivity contribution is 6.47. The predicted octanol–water partition coefficient (Wildman–Crippen LogP) is 12.7. The van der Waals surface area contributed by atoms with Crippen LogP contribution in [-0.2, 0) is 0 Å². The zero-order chi connectivity index (χ0) is 30.3. The lowest BCUT2D eigenvalue weighted by molar-refractivity contribution is 1.38. The lowest BCUT2D eigenvalue weighted by atomic mass is 9.75. The fourth-order valence-corrected chi connectivity index (χ4v) is 9.30. The van der Waals surface area contributed by atoms with Crippen molar-refractivity contribution in [2.45, 2.75) is 55.4 Å². The van der Waals surface area contributed by atoms with Crippen molar-refractivity contribution in [1.29, 1.82) is 0 Å². The van der Waals surface area contributed by atoms with Gasteiger partial charge in [-0.3, -0.25) is 0 Å². The van der Waals surface area contributed by atoms with Crippen LogP contribution in [0.4, 0.5) is 0 Å². The van der Waals surface area contributed by atoms with Crippen LogP contribution in [0.15, 0.2) is 72.8 Å². The van der Waals surface area contributed by atoms with E-state index in [1.807, 2.05) is 0 Å². The van der Waals surface area contributed by atoms with Gasteiger partial charge in [0.25, 0.3) is 0 Å². The van der Waals surface area contributed by atoms with Gasteiger partial charge in [-0.25, -0.2) is 0 Å². The molecule has 9 rings (SSSR count). The van der Waals surface area contributed by atoms with E-state index in [0.29, 0.717) is 0 Å². The first kappa shape index (κ1) is 25.8. The van der Waals surface area contributed by atoms with Crippen LogP contribution in [0.3, 0.4) is 0 Å². The molecule has 0 bridgehead atoms. The van der Waals surface area contributed by atoms with Gasteiger partial charge in [0.05, 0.1) is 0 Å². The summed E-state index contributed by atoms with van der Waals surface area (Å²) in [6.45, 7) is 18.4. The fourth-order valence-electron chi connectivity index (χ4n) is 9.30. The quantitative estimate of drug-likeness (QED) is 0.145. The zero-order valence-electron chi connectivity index (χ0n) is 26.9. The van der Waals surface area contributed by atoms with Crippen molar-refractivity contribution in [2.75, 3.05) is 0 Å². The molecule has 9 aromatic rings. The average Bonchev–Trinajstić information content (AvgIpc) is 2.95. The van der Waals surface area contributed by atoms with Gasteiger partial charge < -0.3 is 0 Å². The van der Waals surface area contributed by atoms with E-state index in [2.05, 4.69) is 128 Å². The van der Waals surface area contributed by atoms with Crippen LogP contribution in [0, 0.1) is 55.4 Å². The standard InChI is InChI=1S/C44H36/c1-21-11-9-12-22(2)34(21)32-19-30-17-27(7)36-25(5)15-29-16-26(6)37-28(8)18-31-20-33(35-23(3)13-10-14-24(35)4)41(32)44-39(30)42(36)38(29)43(37)40(31)44/h9-20H,1-8H3. The van der Waals surface area contributed by atoms with Crippen molar-refractivity contribution < 1.29 is 0 Å². The van der Waals surface area contributed by atoms with E-state index in [1.54, 1.807) is 0 Å². The van der Waals surface area contributed by atoms with Crippen molar-refractivity contribution >= 4 is 64.6 Å². The molecule has 0 fully saturated rings. The Morgan fingerprint density at radius 3 is 0.909 bits per heavy atom. The monoisotopic (exact) mass is 564 g/mol. The molecule has 0 spiro atoms. The highest BCUT2D eigenvalue weighted by Gasteiger charge is 2.28. The third kappa shape index (κ3) is 3.04. The van der Waals surface area contributed by atoms with E-state index in [9.17, 15) is 0 Å². The van der Waals surface area contributed by atoms with Crippen LogP contribution in [0.2, 0.25) is 0 Å². The minimum absolute atomic E-state index is 1.33. The summed E-state index contributed by atoms with van der Waals surface area (Å²) >= 11 is 0. The number of aryl methyl sites for hydroxylation is 8. The highest BCUT2D eigenvalue weighted by Crippen LogP contribution is 2.55. The minimum Gasteiger partial charge on any atom is -0.0617 e. The Morgan fingerprint density at radius 2 is 0.568 bits per heavy atom. The van der Waals surface area contributed by atoms with Crippen molar-refractivity contribution in [2.24, 2.45) is 0 Å². The maximum atomic E-state index is 2.53. The van der Waals surface area contributed by atoms with Gasteiger partial charge in [0, 0.05) is 0 Å². The van der Waals surface area contributed by atoms with Crippen LogP contribution < -0.4 is 0 Å². The zero-order valence-corrected chi connectivity index (χ0v) is 26.9. The Balaban J connectivity index is 1.72. The van der Waals surface area contributed by atoms with Gasteiger partial charge in [-0.2, -0.15) is 0 Å². The van der Waals surface area contributed by atoms with Gasteiger partial charge in [-0.1, -0.05) is 60.7 Å². The second-order valence-electron chi connectivity index (χ2n) is 13.7. The lowest BCUT2D eigenvalue weighted by Gasteiger charge is -2.27. The fraction of sp³-hybridized carbons (Fsp3) is 0.182. The molecule has 0 saturated heterocycles. The molecule has 212 valence electrons. The SMILES string of the molecule is Cc1cccc(C)c1-c1cc2cc(C)c3c(C)cc4cc(C)c5c(C)cc6cc(-c7c(C)cccc7C)c1c1c2c3c4c5c61.